The third-order valence-electron chi connectivity index (χ3n) is 2.79. The summed E-state index contributed by atoms with van der Waals surface area (Å²) in [6.07, 6.45) is 1.69. The Kier molecular flexibility index (Phi) is 2.62. The summed E-state index contributed by atoms with van der Waals surface area (Å²) < 4.78 is 0. The van der Waals surface area contributed by atoms with E-state index < -0.39 is 5.97 Å². The largest absolute Gasteiger partial charge is 0.481 e. The van der Waals surface area contributed by atoms with Gasteiger partial charge in [-0.3, -0.25) is 9.89 Å². The highest BCUT2D eigenvalue weighted by Crippen LogP contribution is 2.21. The van der Waals surface area contributed by atoms with E-state index in [0.29, 0.717) is 6.54 Å². The van der Waals surface area contributed by atoms with E-state index in [1.165, 1.54) is 0 Å². The van der Waals surface area contributed by atoms with Gasteiger partial charge in [-0.1, -0.05) is 0 Å². The van der Waals surface area contributed by atoms with Gasteiger partial charge in [0.2, 0.25) is 0 Å². The van der Waals surface area contributed by atoms with Gasteiger partial charge >= 0.3 is 5.97 Å². The van der Waals surface area contributed by atoms with Crippen LogP contribution in [0.4, 0.5) is 5.82 Å². The van der Waals surface area contributed by atoms with E-state index in [1.807, 2.05) is 17.9 Å². The van der Waals surface area contributed by atoms with Gasteiger partial charge in [0.15, 0.2) is 5.82 Å². The molecule has 5 nitrogen and oxygen atoms in total. The zero-order valence-corrected chi connectivity index (χ0v) is 8.73. The predicted molar refractivity (Wildman–Crippen MR) is 55.9 cm³/mol. The van der Waals surface area contributed by atoms with Crippen molar-refractivity contribution in [3.8, 4) is 0 Å². The molecule has 1 aromatic rings. The summed E-state index contributed by atoms with van der Waals surface area (Å²) in [5, 5.41) is 16.0. The molecule has 1 aliphatic heterocycles. The Labute approximate surface area is 88.1 Å². The summed E-state index contributed by atoms with van der Waals surface area (Å²) in [4.78, 5) is 12.9. The van der Waals surface area contributed by atoms with Crippen molar-refractivity contribution in [3.63, 3.8) is 0 Å². The van der Waals surface area contributed by atoms with Crippen LogP contribution in [0.25, 0.3) is 0 Å². The number of carboxylic acid groups (broad SMARTS) is 1. The molecule has 0 aromatic carbocycles. The number of piperidine rings is 1. The number of aliphatic carboxylic acids is 1. The number of aryl methyl sites for hydroxylation is 1. The minimum Gasteiger partial charge on any atom is -0.481 e. The molecule has 15 heavy (non-hydrogen) atoms. The third-order valence-corrected chi connectivity index (χ3v) is 2.79. The molecule has 0 saturated carbocycles. The number of H-pyrrole nitrogens is 1. The first kappa shape index (κ1) is 10.0. The van der Waals surface area contributed by atoms with Gasteiger partial charge < -0.3 is 10.0 Å². The number of anilines is 1. The Bertz CT molecular complexity index is 361. The fraction of sp³-hybridized carbons (Fsp3) is 0.600. The molecule has 2 rings (SSSR count). The number of aromatic nitrogens is 2. The molecule has 5 heteroatoms. The van der Waals surface area contributed by atoms with Crippen LogP contribution in [-0.4, -0.2) is 34.4 Å². The smallest absolute Gasteiger partial charge is 0.308 e. The average Bonchev–Trinajstić information content (AvgIpc) is 2.65. The highest BCUT2D eigenvalue weighted by molar-refractivity contribution is 5.71. The fourth-order valence-corrected chi connectivity index (χ4v) is 1.95. The Hall–Kier alpha value is -1.52. The van der Waals surface area contributed by atoms with Crippen molar-refractivity contribution in [3.05, 3.63) is 11.8 Å². The van der Waals surface area contributed by atoms with Crippen molar-refractivity contribution in [1.82, 2.24) is 10.2 Å². The molecule has 1 aliphatic rings. The third kappa shape index (κ3) is 2.11. The molecule has 0 radical (unpaired) electrons. The first-order valence-electron chi connectivity index (χ1n) is 5.16. The van der Waals surface area contributed by atoms with E-state index in [2.05, 4.69) is 10.2 Å². The van der Waals surface area contributed by atoms with Crippen molar-refractivity contribution in [2.75, 3.05) is 18.0 Å². The van der Waals surface area contributed by atoms with Crippen LogP contribution >= 0.6 is 0 Å². The Morgan fingerprint density at radius 3 is 3.13 bits per heavy atom. The van der Waals surface area contributed by atoms with Crippen molar-refractivity contribution < 1.29 is 9.90 Å². The highest BCUT2D eigenvalue weighted by Gasteiger charge is 2.26. The molecule has 1 fully saturated rings. The van der Waals surface area contributed by atoms with E-state index in [-0.39, 0.29) is 5.92 Å². The second kappa shape index (κ2) is 3.92. The molecular formula is C10H15N3O2. The van der Waals surface area contributed by atoms with E-state index in [4.69, 9.17) is 5.11 Å². The standard InChI is InChI=1S/C10H15N3O2/c1-7-5-9(12-11-7)13-4-2-3-8(6-13)10(14)15/h5,8H,2-4,6H2,1H3,(H,11,12)(H,14,15)/t8-/m0/s1. The molecule has 0 aliphatic carbocycles. The molecule has 0 spiro atoms. The lowest BCUT2D eigenvalue weighted by molar-refractivity contribution is -0.141. The summed E-state index contributed by atoms with van der Waals surface area (Å²) in [7, 11) is 0. The van der Waals surface area contributed by atoms with E-state index in [1.54, 1.807) is 0 Å². The topological polar surface area (TPSA) is 69.2 Å². The van der Waals surface area contributed by atoms with Crippen LogP contribution in [0.15, 0.2) is 6.07 Å². The Morgan fingerprint density at radius 1 is 1.73 bits per heavy atom. The quantitative estimate of drug-likeness (QED) is 0.763. The van der Waals surface area contributed by atoms with Crippen LogP contribution in [0.5, 0.6) is 0 Å². The zero-order chi connectivity index (χ0) is 10.8. The average molecular weight is 209 g/mol. The molecule has 2 heterocycles. The fourth-order valence-electron chi connectivity index (χ4n) is 1.95. The molecule has 1 aromatic heterocycles. The number of nitrogens with one attached hydrogen (secondary N) is 1. The predicted octanol–water partition coefficient (Wildman–Crippen LogP) is 1.02. The number of hydrogen-bond acceptors (Lipinski definition) is 3. The van der Waals surface area contributed by atoms with Crippen LogP contribution in [0.3, 0.4) is 0 Å². The maximum atomic E-state index is 10.9. The molecule has 82 valence electrons. The molecule has 0 amide bonds. The molecule has 2 N–H and O–H groups in total. The van der Waals surface area contributed by atoms with Crippen molar-refractivity contribution in [2.24, 2.45) is 5.92 Å². The van der Waals surface area contributed by atoms with Gasteiger partial charge in [-0.25, -0.2) is 0 Å². The summed E-state index contributed by atoms with van der Waals surface area (Å²) in [6.45, 7) is 3.41. The highest BCUT2D eigenvalue weighted by atomic mass is 16.4. The Morgan fingerprint density at radius 2 is 2.53 bits per heavy atom. The van der Waals surface area contributed by atoms with Gasteiger partial charge in [-0.2, -0.15) is 5.10 Å². The summed E-state index contributed by atoms with van der Waals surface area (Å²) >= 11 is 0. The molecule has 0 unspecified atom stereocenters. The number of rotatable bonds is 2. The van der Waals surface area contributed by atoms with E-state index >= 15 is 0 Å². The summed E-state index contributed by atoms with van der Waals surface area (Å²) in [5.41, 5.74) is 1.00. The number of carbonyl (C=O) groups is 1. The van der Waals surface area contributed by atoms with Gasteiger partial charge in [-0.15, -0.1) is 0 Å². The first-order chi connectivity index (χ1) is 7.16. The van der Waals surface area contributed by atoms with Gasteiger partial charge in [0, 0.05) is 24.8 Å². The minimum atomic E-state index is -0.702. The van der Waals surface area contributed by atoms with Crippen LogP contribution < -0.4 is 4.90 Å². The molecule has 1 saturated heterocycles. The maximum absolute atomic E-state index is 10.9. The van der Waals surface area contributed by atoms with Crippen molar-refractivity contribution in [1.29, 1.82) is 0 Å². The zero-order valence-electron chi connectivity index (χ0n) is 8.73. The van der Waals surface area contributed by atoms with Crippen LogP contribution in [0.2, 0.25) is 0 Å². The molecule has 1 atom stereocenters. The maximum Gasteiger partial charge on any atom is 0.308 e. The lowest BCUT2D eigenvalue weighted by Crippen LogP contribution is -2.38. The SMILES string of the molecule is Cc1cc(N2CCC[C@H](C(=O)O)C2)n[nH]1. The minimum absolute atomic E-state index is 0.254. The van der Waals surface area contributed by atoms with Gasteiger partial charge in [-0.05, 0) is 19.8 Å². The van der Waals surface area contributed by atoms with Gasteiger partial charge in [0.05, 0.1) is 5.92 Å². The summed E-state index contributed by atoms with van der Waals surface area (Å²) in [6, 6.07) is 1.95. The molecule has 0 bridgehead atoms. The van der Waals surface area contributed by atoms with Crippen molar-refractivity contribution >= 4 is 11.8 Å². The van der Waals surface area contributed by atoms with E-state index in [0.717, 1.165) is 30.9 Å². The number of nitrogens with zero attached hydrogens (tertiary/aromatic N) is 2. The number of carboxylic acids is 1. The van der Waals surface area contributed by atoms with Crippen LogP contribution in [0, 0.1) is 12.8 Å². The Balaban J connectivity index is 2.07. The van der Waals surface area contributed by atoms with Crippen molar-refractivity contribution in [2.45, 2.75) is 19.8 Å². The second-order valence-corrected chi connectivity index (χ2v) is 4.03. The van der Waals surface area contributed by atoms with Crippen LogP contribution in [0.1, 0.15) is 18.5 Å². The first-order valence-corrected chi connectivity index (χ1v) is 5.16. The summed E-state index contributed by atoms with van der Waals surface area (Å²) in [5.74, 6) is -0.0961. The van der Waals surface area contributed by atoms with Gasteiger partial charge in [0.25, 0.3) is 0 Å². The van der Waals surface area contributed by atoms with Crippen LogP contribution in [-0.2, 0) is 4.79 Å². The van der Waals surface area contributed by atoms with Gasteiger partial charge in [0.1, 0.15) is 0 Å². The lowest BCUT2D eigenvalue weighted by Gasteiger charge is -2.30. The monoisotopic (exact) mass is 209 g/mol. The van der Waals surface area contributed by atoms with E-state index in [9.17, 15) is 4.79 Å². The normalized spacial score (nSPS) is 21.7. The lowest BCUT2D eigenvalue weighted by atomic mass is 9.98. The second-order valence-electron chi connectivity index (χ2n) is 4.03. The number of aromatic amines is 1. The molecular weight excluding hydrogens is 194 g/mol. The number of hydrogen-bond donors (Lipinski definition) is 2.